The second-order valence-electron chi connectivity index (χ2n) is 5.62. The van der Waals surface area contributed by atoms with Crippen LogP contribution in [0.15, 0.2) is 30.5 Å². The first-order valence-electron chi connectivity index (χ1n) is 8.03. The van der Waals surface area contributed by atoms with Crippen molar-refractivity contribution in [1.82, 2.24) is 9.88 Å². The van der Waals surface area contributed by atoms with E-state index in [0.29, 0.717) is 25.1 Å². The molecule has 0 saturated carbocycles. The Kier molecular flexibility index (Phi) is 4.65. The van der Waals surface area contributed by atoms with E-state index in [4.69, 9.17) is 4.74 Å². The Bertz CT molecular complexity index is 736. The number of fused-ring (bicyclic) bond motifs is 3. The summed E-state index contributed by atoms with van der Waals surface area (Å²) in [6, 6.07) is 8.04. The first-order chi connectivity index (χ1) is 11.2. The normalized spacial score (nSPS) is 14.3. The molecule has 0 unspecified atom stereocenters. The number of alkyl halides is 1. The molecule has 0 spiro atoms. The predicted octanol–water partition coefficient (Wildman–Crippen LogP) is 3.29. The minimum atomic E-state index is -0.354. The number of halogens is 1. The molecule has 2 heterocycles. The Labute approximate surface area is 134 Å². The second kappa shape index (κ2) is 6.86. The number of ether oxygens (including phenoxy) is 1. The summed E-state index contributed by atoms with van der Waals surface area (Å²) >= 11 is 0. The lowest BCUT2D eigenvalue weighted by molar-refractivity contribution is -0.136. The highest BCUT2D eigenvalue weighted by Crippen LogP contribution is 2.31. The fraction of sp³-hybridized carbons (Fsp3) is 0.389. The standard InChI is InChI=1S/C18H21FN2O2/c1-2-23-18(22)15-12-21(10-5-9-19)11-8-14-13-6-3-4-7-16(13)20-17(14)15/h3-4,6-7,12,20H,2,5,8-11H2,1H3. The third kappa shape index (κ3) is 3.09. The zero-order chi connectivity index (χ0) is 16.2. The fourth-order valence-corrected chi connectivity index (χ4v) is 3.06. The van der Waals surface area contributed by atoms with Crippen LogP contribution < -0.4 is 0 Å². The van der Waals surface area contributed by atoms with E-state index in [-0.39, 0.29) is 12.6 Å². The molecule has 0 amide bonds. The maximum Gasteiger partial charge on any atom is 0.341 e. The third-order valence-corrected chi connectivity index (χ3v) is 4.12. The zero-order valence-electron chi connectivity index (χ0n) is 13.3. The average molecular weight is 316 g/mol. The molecule has 122 valence electrons. The highest BCUT2D eigenvalue weighted by atomic mass is 19.1. The quantitative estimate of drug-likeness (QED) is 0.861. The van der Waals surface area contributed by atoms with Crippen molar-refractivity contribution in [2.75, 3.05) is 26.4 Å². The molecule has 3 rings (SSSR count). The number of hydrogen-bond acceptors (Lipinski definition) is 3. The summed E-state index contributed by atoms with van der Waals surface area (Å²) in [6.07, 6.45) is 3.08. The van der Waals surface area contributed by atoms with Gasteiger partial charge >= 0.3 is 5.97 Å². The Morgan fingerprint density at radius 3 is 3.00 bits per heavy atom. The van der Waals surface area contributed by atoms with Gasteiger partial charge in [-0.25, -0.2) is 4.79 Å². The summed E-state index contributed by atoms with van der Waals surface area (Å²) < 4.78 is 17.7. The van der Waals surface area contributed by atoms with E-state index in [9.17, 15) is 9.18 Å². The van der Waals surface area contributed by atoms with E-state index in [1.165, 1.54) is 0 Å². The van der Waals surface area contributed by atoms with E-state index in [2.05, 4.69) is 11.1 Å². The van der Waals surface area contributed by atoms with Gasteiger partial charge in [0.25, 0.3) is 0 Å². The minimum absolute atomic E-state index is 0.330. The number of esters is 1. The number of nitrogens with one attached hydrogen (secondary N) is 1. The van der Waals surface area contributed by atoms with Crippen molar-refractivity contribution in [3.05, 3.63) is 41.7 Å². The number of rotatable bonds is 5. The van der Waals surface area contributed by atoms with Gasteiger partial charge in [-0.1, -0.05) is 18.2 Å². The molecule has 1 aromatic heterocycles. The van der Waals surface area contributed by atoms with E-state index < -0.39 is 0 Å². The first-order valence-corrected chi connectivity index (χ1v) is 8.03. The summed E-state index contributed by atoms with van der Waals surface area (Å²) in [4.78, 5) is 17.8. The van der Waals surface area contributed by atoms with E-state index in [1.807, 2.05) is 29.3 Å². The van der Waals surface area contributed by atoms with Crippen molar-refractivity contribution in [2.24, 2.45) is 0 Å². The Hall–Kier alpha value is -2.30. The van der Waals surface area contributed by atoms with Crippen molar-refractivity contribution < 1.29 is 13.9 Å². The van der Waals surface area contributed by atoms with Crippen LogP contribution in [0.4, 0.5) is 4.39 Å². The van der Waals surface area contributed by atoms with Crippen LogP contribution in [0.5, 0.6) is 0 Å². The van der Waals surface area contributed by atoms with Gasteiger partial charge in [0.1, 0.15) is 0 Å². The molecule has 0 saturated heterocycles. The molecule has 1 aromatic carbocycles. The van der Waals surface area contributed by atoms with Gasteiger partial charge in [-0.15, -0.1) is 0 Å². The molecule has 0 radical (unpaired) electrons. The third-order valence-electron chi connectivity index (χ3n) is 4.12. The van der Waals surface area contributed by atoms with Gasteiger partial charge in [-0.3, -0.25) is 4.39 Å². The number of hydrogen-bond donors (Lipinski definition) is 1. The summed E-state index contributed by atoms with van der Waals surface area (Å²) in [7, 11) is 0. The maximum absolute atomic E-state index is 12.5. The first kappa shape index (κ1) is 15.6. The second-order valence-corrected chi connectivity index (χ2v) is 5.62. The molecule has 1 N–H and O–H groups in total. The molecular weight excluding hydrogens is 295 g/mol. The average Bonchev–Trinajstić information content (AvgIpc) is 2.82. The minimum Gasteiger partial charge on any atom is -0.462 e. The van der Waals surface area contributed by atoms with E-state index in [0.717, 1.165) is 35.1 Å². The summed E-state index contributed by atoms with van der Waals surface area (Å²) in [5, 5.41) is 1.13. The topological polar surface area (TPSA) is 45.3 Å². The Morgan fingerprint density at radius 1 is 1.39 bits per heavy atom. The summed E-state index contributed by atoms with van der Waals surface area (Å²) in [5.74, 6) is -0.340. The molecule has 1 aliphatic rings. The van der Waals surface area contributed by atoms with Crippen LogP contribution in [0.3, 0.4) is 0 Å². The van der Waals surface area contributed by atoms with Crippen LogP contribution in [-0.2, 0) is 16.0 Å². The van der Waals surface area contributed by atoms with Crippen molar-refractivity contribution in [3.63, 3.8) is 0 Å². The van der Waals surface area contributed by atoms with Gasteiger partial charge in [-0.05, 0) is 31.4 Å². The van der Waals surface area contributed by atoms with Gasteiger partial charge in [-0.2, -0.15) is 0 Å². The summed E-state index contributed by atoms with van der Waals surface area (Å²) in [6.45, 7) is 3.13. The number of nitrogens with zero attached hydrogens (tertiary/aromatic N) is 1. The zero-order valence-corrected chi connectivity index (χ0v) is 13.3. The number of aromatic amines is 1. The molecule has 0 aliphatic carbocycles. The molecule has 4 nitrogen and oxygen atoms in total. The number of benzene rings is 1. The van der Waals surface area contributed by atoms with Crippen molar-refractivity contribution in [2.45, 2.75) is 19.8 Å². The number of aromatic nitrogens is 1. The van der Waals surface area contributed by atoms with Crippen LogP contribution in [-0.4, -0.2) is 42.2 Å². The van der Waals surface area contributed by atoms with Crippen molar-refractivity contribution in [1.29, 1.82) is 0 Å². The maximum atomic E-state index is 12.5. The van der Waals surface area contributed by atoms with Crippen LogP contribution in [0, 0.1) is 0 Å². The smallest absolute Gasteiger partial charge is 0.341 e. The van der Waals surface area contributed by atoms with Gasteiger partial charge in [0, 0.05) is 30.2 Å². The van der Waals surface area contributed by atoms with Crippen LogP contribution in [0.25, 0.3) is 16.5 Å². The lowest BCUT2D eigenvalue weighted by Crippen LogP contribution is -2.22. The van der Waals surface area contributed by atoms with Gasteiger partial charge in [0.15, 0.2) is 0 Å². The van der Waals surface area contributed by atoms with Gasteiger partial charge in [0.2, 0.25) is 0 Å². The van der Waals surface area contributed by atoms with Crippen LogP contribution in [0.1, 0.15) is 24.6 Å². The lowest BCUT2D eigenvalue weighted by Gasteiger charge is -2.18. The molecule has 2 aromatic rings. The van der Waals surface area contributed by atoms with Crippen LogP contribution >= 0.6 is 0 Å². The molecule has 0 bridgehead atoms. The Balaban J connectivity index is 2.05. The highest BCUT2D eigenvalue weighted by Gasteiger charge is 2.24. The molecule has 5 heteroatoms. The van der Waals surface area contributed by atoms with Gasteiger partial charge in [0.05, 0.1) is 24.5 Å². The molecule has 23 heavy (non-hydrogen) atoms. The molecule has 0 atom stereocenters. The fourth-order valence-electron chi connectivity index (χ4n) is 3.06. The van der Waals surface area contributed by atoms with Gasteiger partial charge < -0.3 is 14.6 Å². The number of H-pyrrole nitrogens is 1. The number of carbonyl (C=O) groups is 1. The largest absolute Gasteiger partial charge is 0.462 e. The SMILES string of the molecule is CCOC(=O)C1=CN(CCCF)CCc2c1[nH]c1ccccc21. The lowest BCUT2D eigenvalue weighted by atomic mass is 10.0. The predicted molar refractivity (Wildman–Crippen MR) is 88.8 cm³/mol. The summed E-state index contributed by atoms with van der Waals surface area (Å²) in [5.41, 5.74) is 3.49. The van der Waals surface area contributed by atoms with Crippen molar-refractivity contribution >= 4 is 22.4 Å². The Morgan fingerprint density at radius 2 is 2.22 bits per heavy atom. The van der Waals surface area contributed by atoms with E-state index >= 15 is 0 Å². The molecular formula is C18H21FN2O2. The number of carbonyl (C=O) groups excluding carboxylic acids is 1. The van der Waals surface area contributed by atoms with Crippen molar-refractivity contribution in [3.8, 4) is 0 Å². The monoisotopic (exact) mass is 316 g/mol. The van der Waals surface area contributed by atoms with E-state index in [1.54, 1.807) is 6.92 Å². The highest BCUT2D eigenvalue weighted by molar-refractivity contribution is 6.17. The number of para-hydroxylation sites is 1. The molecule has 1 aliphatic heterocycles. The van der Waals surface area contributed by atoms with Crippen LogP contribution in [0.2, 0.25) is 0 Å². The molecule has 0 fully saturated rings.